The minimum Gasteiger partial charge on any atom is -0.396 e. The lowest BCUT2D eigenvalue weighted by Gasteiger charge is -2.31. The molecule has 208 valence electrons. The molecule has 7 heteroatoms. The first kappa shape index (κ1) is 31.4. The summed E-state index contributed by atoms with van der Waals surface area (Å²) in [4.78, 5) is 14.8. The van der Waals surface area contributed by atoms with E-state index in [1.54, 1.807) is 6.92 Å². The SMILES string of the molecule is CC1(OO)CCCCO1.CC1(OOCCCc2ccccc2)CCCCO1.OCCCc1ccccc1. The Hall–Kier alpha value is -1.84. The second kappa shape index (κ2) is 18.4. The molecule has 7 nitrogen and oxygen atoms in total. The van der Waals surface area contributed by atoms with Crippen molar-refractivity contribution in [3.05, 3.63) is 71.8 Å². The molecule has 2 fully saturated rings. The smallest absolute Gasteiger partial charge is 0.198 e. The maximum Gasteiger partial charge on any atom is 0.198 e. The van der Waals surface area contributed by atoms with Crippen LogP contribution in [0.4, 0.5) is 0 Å². The second-order valence-corrected chi connectivity index (χ2v) is 9.78. The lowest BCUT2D eigenvalue weighted by molar-refractivity contribution is -0.430. The number of benzene rings is 2. The molecule has 0 bridgehead atoms. The van der Waals surface area contributed by atoms with E-state index in [1.165, 1.54) is 11.1 Å². The highest BCUT2D eigenvalue weighted by molar-refractivity contribution is 5.15. The summed E-state index contributed by atoms with van der Waals surface area (Å²) >= 11 is 0. The van der Waals surface area contributed by atoms with Gasteiger partial charge in [-0.3, -0.25) is 0 Å². The van der Waals surface area contributed by atoms with Crippen LogP contribution in [0.1, 0.15) is 76.3 Å². The number of hydrogen-bond acceptors (Lipinski definition) is 7. The van der Waals surface area contributed by atoms with E-state index >= 15 is 0 Å². The fourth-order valence-electron chi connectivity index (χ4n) is 4.03. The monoisotopic (exact) mass is 518 g/mol. The molecule has 2 aliphatic rings. The van der Waals surface area contributed by atoms with Crippen molar-refractivity contribution in [2.45, 2.75) is 89.6 Å². The number of ether oxygens (including phenoxy) is 2. The van der Waals surface area contributed by atoms with Gasteiger partial charge in [0.25, 0.3) is 0 Å². The summed E-state index contributed by atoms with van der Waals surface area (Å²) in [6.07, 6.45) is 9.91. The molecular formula is C30H46O7. The van der Waals surface area contributed by atoms with Gasteiger partial charge in [0.15, 0.2) is 11.6 Å². The Labute approximate surface area is 222 Å². The molecule has 0 amide bonds. The van der Waals surface area contributed by atoms with E-state index in [1.807, 2.05) is 31.2 Å². The van der Waals surface area contributed by atoms with Crippen LogP contribution < -0.4 is 0 Å². The maximum atomic E-state index is 8.53. The molecule has 0 radical (unpaired) electrons. The summed E-state index contributed by atoms with van der Waals surface area (Å²) < 4.78 is 10.7. The van der Waals surface area contributed by atoms with Crippen LogP contribution in [-0.4, -0.2) is 48.4 Å². The van der Waals surface area contributed by atoms with E-state index in [0.717, 1.165) is 70.8 Å². The number of aliphatic hydroxyl groups is 1. The van der Waals surface area contributed by atoms with Crippen molar-refractivity contribution in [1.29, 1.82) is 0 Å². The van der Waals surface area contributed by atoms with E-state index in [4.69, 9.17) is 29.6 Å². The molecule has 2 aliphatic heterocycles. The molecule has 4 rings (SSSR count). The van der Waals surface area contributed by atoms with Crippen molar-refractivity contribution >= 4 is 0 Å². The van der Waals surface area contributed by atoms with Gasteiger partial charge >= 0.3 is 0 Å². The van der Waals surface area contributed by atoms with Crippen molar-refractivity contribution in [2.75, 3.05) is 26.4 Å². The Morgan fingerprint density at radius 3 is 1.68 bits per heavy atom. The molecule has 2 saturated heterocycles. The Balaban J connectivity index is 0.000000214. The summed E-state index contributed by atoms with van der Waals surface area (Å²) in [5.74, 6) is -1.26. The molecule has 2 unspecified atom stereocenters. The highest BCUT2D eigenvalue weighted by Gasteiger charge is 2.30. The van der Waals surface area contributed by atoms with Gasteiger partial charge in [-0.2, -0.15) is 0 Å². The maximum absolute atomic E-state index is 8.53. The number of hydrogen-bond donors (Lipinski definition) is 2. The zero-order valence-electron chi connectivity index (χ0n) is 22.6. The van der Waals surface area contributed by atoms with Gasteiger partial charge in [-0.1, -0.05) is 60.7 Å². The second-order valence-electron chi connectivity index (χ2n) is 9.78. The highest BCUT2D eigenvalue weighted by atomic mass is 17.2. The lowest BCUT2D eigenvalue weighted by atomic mass is 10.1. The van der Waals surface area contributed by atoms with Crippen molar-refractivity contribution in [3.8, 4) is 0 Å². The number of rotatable bonds is 10. The van der Waals surface area contributed by atoms with E-state index < -0.39 is 11.6 Å². The van der Waals surface area contributed by atoms with E-state index in [2.05, 4.69) is 41.3 Å². The van der Waals surface area contributed by atoms with Crippen LogP contribution in [0.3, 0.4) is 0 Å². The van der Waals surface area contributed by atoms with E-state index in [0.29, 0.717) is 13.2 Å². The van der Waals surface area contributed by atoms with Gasteiger partial charge in [0, 0.05) is 19.4 Å². The molecule has 2 heterocycles. The normalized spacial score (nSPS) is 23.2. The Kier molecular flexibility index (Phi) is 15.6. The molecule has 0 aliphatic carbocycles. The van der Waals surface area contributed by atoms with Crippen LogP contribution in [0.2, 0.25) is 0 Å². The van der Waals surface area contributed by atoms with E-state index in [9.17, 15) is 0 Å². The molecule has 2 N–H and O–H groups in total. The Bertz CT molecular complexity index is 788. The average molecular weight is 519 g/mol. The molecule has 0 aromatic heterocycles. The molecular weight excluding hydrogens is 472 g/mol. The van der Waals surface area contributed by atoms with Gasteiger partial charge in [0.1, 0.15) is 0 Å². The lowest BCUT2D eigenvalue weighted by Crippen LogP contribution is -2.36. The zero-order chi connectivity index (χ0) is 26.7. The zero-order valence-corrected chi connectivity index (χ0v) is 22.6. The van der Waals surface area contributed by atoms with Crippen molar-refractivity contribution in [2.24, 2.45) is 0 Å². The minimum atomic E-state index is -0.724. The van der Waals surface area contributed by atoms with Crippen LogP contribution in [-0.2, 0) is 37.0 Å². The van der Waals surface area contributed by atoms with Crippen LogP contribution in [0.15, 0.2) is 60.7 Å². The first-order valence-corrected chi connectivity index (χ1v) is 13.6. The molecule has 2 aromatic carbocycles. The average Bonchev–Trinajstić information content (AvgIpc) is 2.94. The number of aryl methyl sites for hydroxylation is 2. The molecule has 0 saturated carbocycles. The fourth-order valence-corrected chi connectivity index (χ4v) is 4.03. The summed E-state index contributed by atoms with van der Waals surface area (Å²) in [6.45, 7) is 6.04. The minimum absolute atomic E-state index is 0.287. The third kappa shape index (κ3) is 14.0. The topological polar surface area (TPSA) is 86.6 Å². The first-order chi connectivity index (χ1) is 18.0. The Morgan fingerprint density at radius 2 is 1.24 bits per heavy atom. The summed E-state index contributed by atoms with van der Waals surface area (Å²) in [5, 5.41) is 16.9. The predicted molar refractivity (Wildman–Crippen MR) is 144 cm³/mol. The van der Waals surface area contributed by atoms with E-state index in [-0.39, 0.29) is 6.61 Å². The first-order valence-electron chi connectivity index (χ1n) is 13.6. The standard InChI is InChI=1S/C15H22O3.C9H12O.C6H12O3/c1-15(11-5-6-12-16-15)18-17-13-7-10-14-8-3-2-4-9-14;10-8-4-7-9-5-2-1-3-6-9;1-6(9-7)4-2-3-5-8-6/h2-4,8-9H,5-7,10-13H2,1H3;1-3,5-6,10H,4,7-8H2;7H,2-5H2,1H3. The molecule has 0 spiro atoms. The highest BCUT2D eigenvalue weighted by Crippen LogP contribution is 2.26. The Morgan fingerprint density at radius 1 is 0.730 bits per heavy atom. The molecule has 2 aromatic rings. The van der Waals surface area contributed by atoms with Crippen molar-refractivity contribution < 1.29 is 34.5 Å². The fraction of sp³-hybridized carbons (Fsp3) is 0.600. The van der Waals surface area contributed by atoms with Crippen molar-refractivity contribution in [3.63, 3.8) is 0 Å². The molecule has 37 heavy (non-hydrogen) atoms. The predicted octanol–water partition coefficient (Wildman–Crippen LogP) is 6.49. The third-order valence-electron chi connectivity index (χ3n) is 6.30. The van der Waals surface area contributed by atoms with Crippen LogP contribution >= 0.6 is 0 Å². The third-order valence-corrected chi connectivity index (χ3v) is 6.30. The van der Waals surface area contributed by atoms with Gasteiger partial charge < -0.3 is 14.6 Å². The van der Waals surface area contributed by atoms with Crippen LogP contribution in [0.5, 0.6) is 0 Å². The van der Waals surface area contributed by atoms with Crippen LogP contribution in [0, 0.1) is 0 Å². The van der Waals surface area contributed by atoms with Gasteiger partial charge in [-0.05, 0) is 76.3 Å². The quantitative estimate of drug-likeness (QED) is 0.211. The van der Waals surface area contributed by atoms with Gasteiger partial charge in [0.2, 0.25) is 0 Å². The summed E-state index contributed by atoms with van der Waals surface area (Å²) in [6, 6.07) is 20.6. The number of aliphatic hydroxyl groups excluding tert-OH is 1. The van der Waals surface area contributed by atoms with Gasteiger partial charge in [-0.15, -0.1) is 0 Å². The largest absolute Gasteiger partial charge is 0.396 e. The van der Waals surface area contributed by atoms with Gasteiger partial charge in [-0.25, -0.2) is 19.9 Å². The van der Waals surface area contributed by atoms with Crippen molar-refractivity contribution in [1.82, 2.24) is 0 Å². The van der Waals surface area contributed by atoms with Gasteiger partial charge in [0.05, 0.1) is 19.8 Å². The van der Waals surface area contributed by atoms with Crippen LogP contribution in [0.25, 0.3) is 0 Å². The summed E-state index contributed by atoms with van der Waals surface area (Å²) in [7, 11) is 0. The summed E-state index contributed by atoms with van der Waals surface area (Å²) in [5.41, 5.74) is 2.64. The molecule has 2 atom stereocenters.